The largest absolute Gasteiger partial charge is 0.431 e. The summed E-state index contributed by atoms with van der Waals surface area (Å²) in [5.41, 5.74) is 3.61. The van der Waals surface area contributed by atoms with Gasteiger partial charge >= 0.3 is 0 Å². The second-order valence-electron chi connectivity index (χ2n) is 5.72. The number of hydrogen-bond donors (Lipinski definition) is 0. The Balaban J connectivity index is 1.53. The number of fused-ring (bicyclic) bond motifs is 2. The van der Waals surface area contributed by atoms with Gasteiger partial charge in [0.25, 0.3) is 5.22 Å². The number of carbonyl (C=O) groups excluding carboxylic acids is 1. The van der Waals surface area contributed by atoms with Crippen molar-refractivity contribution in [2.45, 2.75) is 23.8 Å². The van der Waals surface area contributed by atoms with Crippen molar-refractivity contribution in [1.82, 2.24) is 4.98 Å². The van der Waals surface area contributed by atoms with Crippen LogP contribution in [-0.4, -0.2) is 22.7 Å². The molecule has 0 radical (unpaired) electrons. The van der Waals surface area contributed by atoms with Crippen molar-refractivity contribution < 1.29 is 9.21 Å². The molecule has 0 saturated carbocycles. The Kier molecular flexibility index (Phi) is 3.98. The molecule has 2 aromatic carbocycles. The molecule has 6 heteroatoms. The van der Waals surface area contributed by atoms with Gasteiger partial charge in [-0.2, -0.15) is 0 Å². The van der Waals surface area contributed by atoms with Crippen molar-refractivity contribution in [3.8, 4) is 0 Å². The van der Waals surface area contributed by atoms with Gasteiger partial charge in [-0.1, -0.05) is 41.6 Å². The summed E-state index contributed by atoms with van der Waals surface area (Å²) in [6.45, 7) is 2.61. The average molecular weight is 359 g/mol. The van der Waals surface area contributed by atoms with E-state index in [4.69, 9.17) is 16.0 Å². The minimum atomic E-state index is -0.278. The lowest BCUT2D eigenvalue weighted by atomic mass is 10.2. The summed E-state index contributed by atoms with van der Waals surface area (Å²) < 4.78 is 5.70. The van der Waals surface area contributed by atoms with Gasteiger partial charge in [-0.05, 0) is 43.2 Å². The SMILES string of the molecule is CC(Sc1nc2cc(Cl)ccc2o1)C(=O)N1CCc2ccccc21. The quantitative estimate of drug-likeness (QED) is 0.644. The van der Waals surface area contributed by atoms with Gasteiger partial charge in [-0.25, -0.2) is 4.98 Å². The normalized spacial score (nSPS) is 14.8. The van der Waals surface area contributed by atoms with Crippen LogP contribution in [0.2, 0.25) is 5.02 Å². The molecule has 0 aliphatic carbocycles. The van der Waals surface area contributed by atoms with Crippen molar-refractivity contribution >= 4 is 46.1 Å². The Morgan fingerprint density at radius 2 is 2.17 bits per heavy atom. The van der Waals surface area contributed by atoms with Crippen LogP contribution in [0.15, 0.2) is 52.1 Å². The van der Waals surface area contributed by atoms with Crippen LogP contribution in [0.25, 0.3) is 11.1 Å². The minimum absolute atomic E-state index is 0.0743. The maximum absolute atomic E-state index is 12.8. The second kappa shape index (κ2) is 6.15. The molecule has 0 fully saturated rings. The number of anilines is 1. The van der Waals surface area contributed by atoms with E-state index < -0.39 is 0 Å². The molecule has 0 spiro atoms. The van der Waals surface area contributed by atoms with Gasteiger partial charge in [-0.15, -0.1) is 0 Å². The van der Waals surface area contributed by atoms with Gasteiger partial charge in [0.2, 0.25) is 5.91 Å². The monoisotopic (exact) mass is 358 g/mol. The van der Waals surface area contributed by atoms with Gasteiger partial charge in [0, 0.05) is 17.3 Å². The predicted octanol–water partition coefficient (Wildman–Crippen LogP) is 4.55. The third kappa shape index (κ3) is 2.78. The number of nitrogens with zero attached hydrogens (tertiary/aromatic N) is 2. The molecule has 122 valence electrons. The lowest BCUT2D eigenvalue weighted by molar-refractivity contribution is -0.117. The summed E-state index contributed by atoms with van der Waals surface area (Å²) >= 11 is 7.30. The fraction of sp³-hybridized carbons (Fsp3) is 0.222. The Labute approximate surface area is 148 Å². The first kappa shape index (κ1) is 15.5. The Morgan fingerprint density at radius 1 is 1.33 bits per heavy atom. The van der Waals surface area contributed by atoms with Crippen LogP contribution in [0.5, 0.6) is 0 Å². The van der Waals surface area contributed by atoms with Gasteiger partial charge in [0.15, 0.2) is 5.58 Å². The molecule has 24 heavy (non-hydrogen) atoms. The van der Waals surface area contributed by atoms with Crippen molar-refractivity contribution in [2.24, 2.45) is 0 Å². The molecule has 1 aliphatic heterocycles. The minimum Gasteiger partial charge on any atom is -0.431 e. The summed E-state index contributed by atoms with van der Waals surface area (Å²) in [4.78, 5) is 19.1. The topological polar surface area (TPSA) is 46.3 Å². The molecule has 1 atom stereocenters. The average Bonchev–Trinajstić information content (AvgIpc) is 3.17. The second-order valence-corrected chi connectivity index (χ2v) is 7.45. The van der Waals surface area contributed by atoms with Crippen molar-refractivity contribution in [3.63, 3.8) is 0 Å². The highest BCUT2D eigenvalue weighted by molar-refractivity contribution is 8.00. The molecule has 4 rings (SSSR count). The molecular weight excluding hydrogens is 344 g/mol. The first-order chi connectivity index (χ1) is 11.6. The molecule has 1 aliphatic rings. The third-order valence-electron chi connectivity index (χ3n) is 4.11. The van der Waals surface area contributed by atoms with Crippen molar-refractivity contribution in [3.05, 3.63) is 53.1 Å². The Hall–Kier alpha value is -1.98. The van der Waals surface area contributed by atoms with E-state index in [-0.39, 0.29) is 11.2 Å². The van der Waals surface area contributed by atoms with E-state index in [0.717, 1.165) is 18.7 Å². The number of amides is 1. The number of carbonyl (C=O) groups is 1. The maximum atomic E-state index is 12.8. The first-order valence-electron chi connectivity index (χ1n) is 7.74. The van der Waals surface area contributed by atoms with E-state index in [1.807, 2.05) is 30.0 Å². The highest BCUT2D eigenvalue weighted by Gasteiger charge is 2.29. The molecule has 2 heterocycles. The van der Waals surface area contributed by atoms with Crippen LogP contribution in [-0.2, 0) is 11.2 Å². The molecular formula is C18H15ClN2O2S. The van der Waals surface area contributed by atoms with Crippen LogP contribution >= 0.6 is 23.4 Å². The van der Waals surface area contributed by atoms with E-state index >= 15 is 0 Å². The number of oxazole rings is 1. The van der Waals surface area contributed by atoms with E-state index in [9.17, 15) is 4.79 Å². The van der Waals surface area contributed by atoms with Crippen LogP contribution in [0.1, 0.15) is 12.5 Å². The van der Waals surface area contributed by atoms with Crippen molar-refractivity contribution in [2.75, 3.05) is 11.4 Å². The smallest absolute Gasteiger partial charge is 0.257 e. The van der Waals surface area contributed by atoms with Crippen molar-refractivity contribution in [1.29, 1.82) is 0 Å². The maximum Gasteiger partial charge on any atom is 0.257 e. The summed E-state index contributed by atoms with van der Waals surface area (Å²) in [6.07, 6.45) is 0.903. The van der Waals surface area contributed by atoms with Gasteiger partial charge in [-0.3, -0.25) is 4.79 Å². The highest BCUT2D eigenvalue weighted by atomic mass is 35.5. The van der Waals surface area contributed by atoms with Gasteiger partial charge in [0.05, 0.1) is 5.25 Å². The van der Waals surface area contributed by atoms with Gasteiger partial charge < -0.3 is 9.32 Å². The zero-order chi connectivity index (χ0) is 16.7. The first-order valence-corrected chi connectivity index (χ1v) is 8.99. The summed E-state index contributed by atoms with van der Waals surface area (Å²) in [5, 5.41) is 0.824. The summed E-state index contributed by atoms with van der Waals surface area (Å²) in [6, 6.07) is 13.4. The molecule has 4 nitrogen and oxygen atoms in total. The van der Waals surface area contributed by atoms with Crippen LogP contribution in [0.3, 0.4) is 0 Å². The van der Waals surface area contributed by atoms with E-state index in [1.54, 1.807) is 18.2 Å². The lowest BCUT2D eigenvalue weighted by Crippen LogP contribution is -2.35. The third-order valence-corrected chi connectivity index (χ3v) is 5.28. The molecule has 1 amide bonds. The number of hydrogen-bond acceptors (Lipinski definition) is 4. The summed E-state index contributed by atoms with van der Waals surface area (Å²) in [5.74, 6) is 0.0743. The number of rotatable bonds is 3. The highest BCUT2D eigenvalue weighted by Crippen LogP contribution is 2.32. The van der Waals surface area contributed by atoms with E-state index in [1.165, 1.54) is 17.3 Å². The fourth-order valence-corrected chi connectivity index (χ4v) is 3.90. The zero-order valence-electron chi connectivity index (χ0n) is 13.0. The number of benzene rings is 2. The van der Waals surface area contributed by atoms with Gasteiger partial charge in [0.1, 0.15) is 5.52 Å². The fourth-order valence-electron chi connectivity index (χ4n) is 2.92. The molecule has 3 aromatic rings. The van der Waals surface area contributed by atoms with E-state index in [2.05, 4.69) is 11.1 Å². The molecule has 0 N–H and O–H groups in total. The number of thioether (sulfide) groups is 1. The number of para-hydroxylation sites is 1. The zero-order valence-corrected chi connectivity index (χ0v) is 14.6. The van der Waals surface area contributed by atoms with Crippen LogP contribution in [0.4, 0.5) is 5.69 Å². The molecule has 0 bridgehead atoms. The summed E-state index contributed by atoms with van der Waals surface area (Å²) in [7, 11) is 0. The Bertz CT molecular complexity index is 924. The molecule has 0 saturated heterocycles. The van der Waals surface area contributed by atoms with E-state index in [0.29, 0.717) is 21.3 Å². The molecule has 1 unspecified atom stereocenters. The lowest BCUT2D eigenvalue weighted by Gasteiger charge is -2.20. The Morgan fingerprint density at radius 3 is 3.04 bits per heavy atom. The van der Waals surface area contributed by atoms with Crippen LogP contribution < -0.4 is 4.90 Å². The standard InChI is InChI=1S/C18H15ClN2O2S/c1-11(17(22)21-9-8-12-4-2-3-5-15(12)21)24-18-20-14-10-13(19)6-7-16(14)23-18/h2-7,10-11H,8-9H2,1H3. The molecule has 1 aromatic heterocycles. The number of halogens is 1. The van der Waals surface area contributed by atoms with Crippen LogP contribution in [0, 0.1) is 0 Å². The predicted molar refractivity (Wildman–Crippen MR) is 96.8 cm³/mol. The number of aromatic nitrogens is 1.